The molecule has 3 aromatic rings. The minimum absolute atomic E-state index is 0.0305. The Morgan fingerprint density at radius 2 is 1.88 bits per heavy atom. The van der Waals surface area contributed by atoms with Crippen LogP contribution in [0.2, 0.25) is 0 Å². The fourth-order valence-corrected chi connectivity index (χ4v) is 4.22. The van der Waals surface area contributed by atoms with Gasteiger partial charge in [0.15, 0.2) is 11.0 Å². The summed E-state index contributed by atoms with van der Waals surface area (Å²) >= 11 is 1.23. The molecule has 3 rings (SSSR count). The van der Waals surface area contributed by atoms with E-state index in [1.165, 1.54) is 30.0 Å². The number of aryl methyl sites for hydroxylation is 2. The van der Waals surface area contributed by atoms with Crippen LogP contribution in [0, 0.1) is 24.0 Å². The molecule has 1 atom stereocenters. The summed E-state index contributed by atoms with van der Waals surface area (Å²) in [6.07, 6.45) is 0. The molecule has 0 bridgehead atoms. The zero-order valence-corrected chi connectivity index (χ0v) is 20.2. The van der Waals surface area contributed by atoms with Crippen LogP contribution in [0.5, 0.6) is 0 Å². The lowest BCUT2D eigenvalue weighted by Gasteiger charge is -2.16. The van der Waals surface area contributed by atoms with Crippen LogP contribution in [0.4, 0.5) is 11.4 Å². The van der Waals surface area contributed by atoms with E-state index < -0.39 is 4.92 Å². The lowest BCUT2D eigenvalue weighted by atomic mass is 10.1. The van der Waals surface area contributed by atoms with Gasteiger partial charge >= 0.3 is 0 Å². The van der Waals surface area contributed by atoms with Crippen molar-refractivity contribution in [3.8, 4) is 0 Å². The molecule has 0 unspecified atom stereocenters. The topological polar surface area (TPSA) is 132 Å². The number of non-ortho nitro benzene ring substituents is 1. The number of hydrogen-bond acceptors (Lipinski definition) is 7. The Morgan fingerprint density at radius 1 is 1.15 bits per heavy atom. The van der Waals surface area contributed by atoms with E-state index in [9.17, 15) is 19.7 Å². The van der Waals surface area contributed by atoms with Gasteiger partial charge in [0.25, 0.3) is 11.6 Å². The highest BCUT2D eigenvalue weighted by Gasteiger charge is 2.21. The van der Waals surface area contributed by atoms with Crippen LogP contribution >= 0.6 is 11.8 Å². The molecule has 0 radical (unpaired) electrons. The zero-order chi connectivity index (χ0) is 24.8. The molecular formula is C23H26N6O4S. The number of hydrogen-bond donors (Lipinski definition) is 2. The van der Waals surface area contributed by atoms with E-state index in [4.69, 9.17) is 0 Å². The van der Waals surface area contributed by atoms with Crippen molar-refractivity contribution in [3.63, 3.8) is 0 Å². The standard InChI is InChI=1S/C23H26N6O4S/c1-5-28-21(16(4)24-22(31)18-9-7-6-8-14(18)2)26-27-23(28)34-13-20(30)25-19-11-10-17(29(32)33)12-15(19)3/h6-12,16H,5,13H2,1-4H3,(H,24,31)(H,25,30)/t16-/m1/s1. The molecule has 0 fully saturated rings. The summed E-state index contributed by atoms with van der Waals surface area (Å²) in [6, 6.07) is 11.2. The van der Waals surface area contributed by atoms with Gasteiger partial charge in [0.05, 0.1) is 16.7 Å². The minimum atomic E-state index is -0.478. The van der Waals surface area contributed by atoms with Crippen molar-refractivity contribution >= 4 is 35.0 Å². The van der Waals surface area contributed by atoms with E-state index in [2.05, 4.69) is 20.8 Å². The average molecular weight is 483 g/mol. The number of amides is 2. The first-order chi connectivity index (χ1) is 16.2. The summed E-state index contributed by atoms with van der Waals surface area (Å²) in [7, 11) is 0. The van der Waals surface area contributed by atoms with Gasteiger partial charge < -0.3 is 15.2 Å². The maximum Gasteiger partial charge on any atom is 0.269 e. The predicted molar refractivity (Wildman–Crippen MR) is 130 cm³/mol. The largest absolute Gasteiger partial charge is 0.342 e. The van der Waals surface area contributed by atoms with Crippen LogP contribution in [0.15, 0.2) is 47.6 Å². The van der Waals surface area contributed by atoms with E-state index in [1.807, 2.05) is 43.5 Å². The summed E-state index contributed by atoms with van der Waals surface area (Å²) in [6.45, 7) is 7.92. The number of rotatable bonds is 9. The number of carbonyl (C=O) groups excluding carboxylic acids is 2. The van der Waals surface area contributed by atoms with E-state index in [0.29, 0.717) is 34.3 Å². The van der Waals surface area contributed by atoms with Crippen molar-refractivity contribution < 1.29 is 14.5 Å². The third-order valence-corrected chi connectivity index (χ3v) is 6.18. The van der Waals surface area contributed by atoms with Crippen LogP contribution in [0.3, 0.4) is 0 Å². The second kappa shape index (κ2) is 10.9. The molecule has 0 saturated heterocycles. The number of benzene rings is 2. The third-order valence-electron chi connectivity index (χ3n) is 5.21. The van der Waals surface area contributed by atoms with Gasteiger partial charge in [-0.2, -0.15) is 0 Å². The van der Waals surface area contributed by atoms with Gasteiger partial charge in [-0.25, -0.2) is 0 Å². The zero-order valence-electron chi connectivity index (χ0n) is 19.4. The van der Waals surface area contributed by atoms with Gasteiger partial charge in [-0.15, -0.1) is 10.2 Å². The molecule has 2 N–H and O–H groups in total. The van der Waals surface area contributed by atoms with Gasteiger partial charge in [-0.1, -0.05) is 30.0 Å². The van der Waals surface area contributed by atoms with E-state index in [0.717, 1.165) is 5.56 Å². The number of carbonyl (C=O) groups is 2. The maximum atomic E-state index is 12.7. The number of nitro groups is 1. The highest BCUT2D eigenvalue weighted by Crippen LogP contribution is 2.24. The van der Waals surface area contributed by atoms with Gasteiger partial charge in [0, 0.05) is 29.9 Å². The van der Waals surface area contributed by atoms with Crippen molar-refractivity contribution in [2.24, 2.45) is 0 Å². The Morgan fingerprint density at radius 3 is 2.53 bits per heavy atom. The lowest BCUT2D eigenvalue weighted by molar-refractivity contribution is -0.384. The molecule has 1 heterocycles. The molecule has 2 aromatic carbocycles. The molecule has 2 amide bonds. The molecule has 0 spiro atoms. The van der Waals surface area contributed by atoms with Crippen LogP contribution in [0.25, 0.3) is 0 Å². The quantitative estimate of drug-likeness (QED) is 0.267. The minimum Gasteiger partial charge on any atom is -0.342 e. The molecule has 0 aliphatic carbocycles. The monoisotopic (exact) mass is 482 g/mol. The molecule has 178 valence electrons. The average Bonchev–Trinajstić information content (AvgIpc) is 3.22. The van der Waals surface area contributed by atoms with E-state index in [-0.39, 0.29) is 29.3 Å². The Bertz CT molecular complexity index is 1230. The van der Waals surface area contributed by atoms with Crippen LogP contribution in [-0.2, 0) is 11.3 Å². The highest BCUT2D eigenvalue weighted by molar-refractivity contribution is 7.99. The van der Waals surface area contributed by atoms with Crippen molar-refractivity contribution in [1.29, 1.82) is 0 Å². The smallest absolute Gasteiger partial charge is 0.269 e. The summed E-state index contributed by atoms with van der Waals surface area (Å²) in [4.78, 5) is 35.5. The van der Waals surface area contributed by atoms with Crippen LogP contribution in [0.1, 0.15) is 47.2 Å². The number of nitrogens with one attached hydrogen (secondary N) is 2. The van der Waals surface area contributed by atoms with Gasteiger partial charge in [0.2, 0.25) is 5.91 Å². The van der Waals surface area contributed by atoms with E-state index in [1.54, 1.807) is 13.0 Å². The highest BCUT2D eigenvalue weighted by atomic mass is 32.2. The Balaban J connectivity index is 1.64. The molecule has 0 aliphatic rings. The molecule has 11 heteroatoms. The van der Waals surface area contributed by atoms with Crippen molar-refractivity contribution in [3.05, 3.63) is 75.1 Å². The first-order valence-corrected chi connectivity index (χ1v) is 11.7. The number of thioether (sulfide) groups is 1. The molecule has 1 aromatic heterocycles. The number of nitro benzene ring substituents is 1. The van der Waals surface area contributed by atoms with Crippen LogP contribution in [-0.4, -0.2) is 37.3 Å². The van der Waals surface area contributed by atoms with Gasteiger partial charge in [-0.3, -0.25) is 19.7 Å². The fraction of sp³-hybridized carbons (Fsp3) is 0.304. The maximum absolute atomic E-state index is 12.7. The Kier molecular flexibility index (Phi) is 8.00. The number of aromatic nitrogens is 3. The Labute approximate surface area is 201 Å². The van der Waals surface area contributed by atoms with E-state index >= 15 is 0 Å². The molecule has 0 aliphatic heterocycles. The SMILES string of the molecule is CCn1c(SCC(=O)Nc2ccc([N+](=O)[O-])cc2C)nnc1[C@@H](C)NC(=O)c1ccccc1C. The number of anilines is 1. The predicted octanol–water partition coefficient (Wildman–Crippen LogP) is 4.04. The second-order valence-electron chi connectivity index (χ2n) is 7.69. The van der Waals surface area contributed by atoms with Crippen molar-refractivity contribution in [2.45, 2.75) is 45.4 Å². The molecule has 10 nitrogen and oxygen atoms in total. The van der Waals surface area contributed by atoms with Crippen molar-refractivity contribution in [2.75, 3.05) is 11.1 Å². The Hall–Kier alpha value is -3.73. The summed E-state index contributed by atoms with van der Waals surface area (Å²) in [5.74, 6) is 0.218. The number of nitrogens with zero attached hydrogens (tertiary/aromatic N) is 4. The van der Waals surface area contributed by atoms with Gasteiger partial charge in [0.1, 0.15) is 0 Å². The second-order valence-corrected chi connectivity index (χ2v) is 8.63. The first-order valence-electron chi connectivity index (χ1n) is 10.7. The van der Waals surface area contributed by atoms with Crippen molar-refractivity contribution in [1.82, 2.24) is 20.1 Å². The summed E-state index contributed by atoms with van der Waals surface area (Å²) < 4.78 is 1.86. The van der Waals surface area contributed by atoms with Crippen LogP contribution < -0.4 is 10.6 Å². The first kappa shape index (κ1) is 24.9. The third kappa shape index (κ3) is 5.79. The summed E-state index contributed by atoms with van der Waals surface area (Å²) in [5, 5.41) is 25.6. The molecule has 0 saturated carbocycles. The van der Waals surface area contributed by atoms with Gasteiger partial charge in [-0.05, 0) is 51.0 Å². The normalized spacial score (nSPS) is 11.6. The lowest BCUT2D eigenvalue weighted by Crippen LogP contribution is -2.29. The molecule has 34 heavy (non-hydrogen) atoms. The molecular weight excluding hydrogens is 456 g/mol. The summed E-state index contributed by atoms with van der Waals surface area (Å²) in [5.41, 5.74) is 2.57. The fourth-order valence-electron chi connectivity index (χ4n) is 3.41.